The van der Waals surface area contributed by atoms with Crippen LogP contribution >= 0.6 is 0 Å². The number of nitrogens with one attached hydrogen (secondary N) is 1. The molecule has 0 bridgehead atoms. The van der Waals surface area contributed by atoms with Gasteiger partial charge in [0.15, 0.2) is 12.2 Å². The number of benzene rings is 1. The van der Waals surface area contributed by atoms with Crippen LogP contribution in [0.5, 0.6) is 5.75 Å². The zero-order valence-electron chi connectivity index (χ0n) is 13.3. The number of methoxy groups -OCH3 is 1. The van der Waals surface area contributed by atoms with E-state index in [0.717, 1.165) is 6.42 Å². The number of anilines is 1. The minimum atomic E-state index is -1.08. The molecule has 130 valence electrons. The lowest BCUT2D eigenvalue weighted by Gasteiger charge is -2.16. The number of non-ortho nitro benzene ring substituents is 1. The number of esters is 1. The Morgan fingerprint density at radius 1 is 1.46 bits per heavy atom. The minimum absolute atomic E-state index is 0.122. The lowest BCUT2D eigenvalue weighted by atomic mass is 10.2. The van der Waals surface area contributed by atoms with E-state index < -0.39 is 29.0 Å². The number of hydrogen-bond acceptors (Lipinski definition) is 7. The molecular weight excluding hydrogens is 320 g/mol. The Kier molecular flexibility index (Phi) is 5.69. The molecule has 0 unspecified atom stereocenters. The fourth-order valence-corrected chi connectivity index (χ4v) is 2.21. The highest BCUT2D eigenvalue weighted by Crippen LogP contribution is 2.29. The number of hydrogen-bond donors (Lipinski definition) is 1. The van der Waals surface area contributed by atoms with Crippen LogP contribution in [-0.4, -0.2) is 42.7 Å². The molecule has 1 heterocycles. The van der Waals surface area contributed by atoms with E-state index in [2.05, 4.69) is 5.32 Å². The van der Waals surface area contributed by atoms with Crippen molar-refractivity contribution in [2.24, 2.45) is 0 Å². The Hall–Kier alpha value is -2.68. The number of nitrogens with zero attached hydrogens (tertiary/aromatic N) is 1. The molecule has 9 heteroatoms. The summed E-state index contributed by atoms with van der Waals surface area (Å²) in [4.78, 5) is 34.2. The largest absolute Gasteiger partial charge is 0.495 e. The summed E-state index contributed by atoms with van der Waals surface area (Å²) >= 11 is 0. The quantitative estimate of drug-likeness (QED) is 0.476. The predicted molar refractivity (Wildman–Crippen MR) is 82.8 cm³/mol. The van der Waals surface area contributed by atoms with Gasteiger partial charge >= 0.3 is 5.97 Å². The van der Waals surface area contributed by atoms with Gasteiger partial charge in [0.05, 0.1) is 17.7 Å². The van der Waals surface area contributed by atoms with E-state index in [4.69, 9.17) is 14.2 Å². The highest BCUT2D eigenvalue weighted by molar-refractivity contribution is 5.96. The summed E-state index contributed by atoms with van der Waals surface area (Å²) in [5, 5.41) is 13.3. The van der Waals surface area contributed by atoms with Gasteiger partial charge in [-0.25, -0.2) is 4.79 Å². The average Bonchev–Trinajstić information content (AvgIpc) is 3.09. The third-order valence-corrected chi connectivity index (χ3v) is 3.51. The van der Waals surface area contributed by atoms with Gasteiger partial charge < -0.3 is 19.5 Å². The molecule has 1 saturated heterocycles. The Bertz CT molecular complexity index is 641. The molecule has 1 aliphatic heterocycles. The van der Waals surface area contributed by atoms with Gasteiger partial charge in [0.2, 0.25) is 0 Å². The van der Waals surface area contributed by atoms with Crippen LogP contribution in [0.4, 0.5) is 11.4 Å². The molecule has 2 rings (SSSR count). The Morgan fingerprint density at radius 3 is 2.79 bits per heavy atom. The molecule has 1 N–H and O–H groups in total. The lowest BCUT2D eigenvalue weighted by molar-refractivity contribution is -0.384. The summed E-state index contributed by atoms with van der Waals surface area (Å²) in [7, 11) is 1.37. The third-order valence-electron chi connectivity index (χ3n) is 3.51. The molecule has 9 nitrogen and oxygen atoms in total. The number of carbonyl (C=O) groups is 2. The van der Waals surface area contributed by atoms with E-state index >= 15 is 0 Å². The maximum absolute atomic E-state index is 12.2. The van der Waals surface area contributed by atoms with E-state index in [1.165, 1.54) is 32.2 Å². The number of ether oxygens (including phenoxy) is 3. The molecule has 1 amide bonds. The highest BCUT2D eigenvalue weighted by atomic mass is 16.6. The number of nitro benzene ring substituents is 1. The molecule has 1 fully saturated rings. The fraction of sp³-hybridized carbons (Fsp3) is 0.467. The van der Waals surface area contributed by atoms with Gasteiger partial charge in [-0.1, -0.05) is 0 Å². The lowest BCUT2D eigenvalue weighted by Crippen LogP contribution is -2.34. The van der Waals surface area contributed by atoms with E-state index in [0.29, 0.717) is 13.0 Å². The number of carbonyl (C=O) groups excluding carboxylic acids is 2. The van der Waals surface area contributed by atoms with Crippen molar-refractivity contribution in [1.29, 1.82) is 0 Å². The maximum Gasteiger partial charge on any atom is 0.336 e. The first-order chi connectivity index (χ1) is 11.4. The molecule has 0 aromatic heterocycles. The Morgan fingerprint density at radius 2 is 2.21 bits per heavy atom. The summed E-state index contributed by atoms with van der Waals surface area (Å²) in [6.07, 6.45) is -0.393. The Balaban J connectivity index is 2.03. The summed E-state index contributed by atoms with van der Waals surface area (Å²) in [5.74, 6) is -0.965. The molecule has 1 aliphatic rings. The summed E-state index contributed by atoms with van der Waals surface area (Å²) < 4.78 is 15.3. The van der Waals surface area contributed by atoms with Crippen LogP contribution in [0.1, 0.15) is 19.8 Å². The number of amides is 1. The van der Waals surface area contributed by atoms with Gasteiger partial charge in [-0.3, -0.25) is 14.9 Å². The molecule has 0 saturated carbocycles. The number of rotatable bonds is 6. The molecule has 0 spiro atoms. The SMILES string of the molecule is COc1ccc([N+](=O)[O-])cc1NC(=O)[C@@H](C)OC(=O)[C@@H]1CCCO1. The van der Waals surface area contributed by atoms with Crippen molar-refractivity contribution >= 4 is 23.3 Å². The molecular formula is C15H18N2O7. The van der Waals surface area contributed by atoms with Gasteiger partial charge in [0.1, 0.15) is 5.75 Å². The molecule has 0 aliphatic carbocycles. The van der Waals surface area contributed by atoms with Crippen LogP contribution in [0, 0.1) is 10.1 Å². The third kappa shape index (κ3) is 4.19. The van der Waals surface area contributed by atoms with Crippen LogP contribution in [0.15, 0.2) is 18.2 Å². The predicted octanol–water partition coefficient (Wildman–Crippen LogP) is 1.65. The van der Waals surface area contributed by atoms with Crippen LogP contribution < -0.4 is 10.1 Å². The summed E-state index contributed by atoms with van der Waals surface area (Å²) in [6.45, 7) is 1.90. The van der Waals surface area contributed by atoms with Gasteiger partial charge in [-0.05, 0) is 25.8 Å². The second-order valence-electron chi connectivity index (χ2n) is 5.21. The van der Waals surface area contributed by atoms with Crippen LogP contribution in [0.3, 0.4) is 0 Å². The normalized spacial score (nSPS) is 17.8. The smallest absolute Gasteiger partial charge is 0.336 e. The summed E-state index contributed by atoms with van der Waals surface area (Å²) in [5.41, 5.74) is -0.0770. The molecule has 24 heavy (non-hydrogen) atoms. The molecule has 1 aromatic carbocycles. The average molecular weight is 338 g/mol. The van der Waals surface area contributed by atoms with Crippen molar-refractivity contribution in [2.45, 2.75) is 32.0 Å². The summed E-state index contributed by atoms with van der Waals surface area (Å²) in [6, 6.07) is 3.80. The standard InChI is InChI=1S/C15H18N2O7/c1-9(24-15(19)13-4-3-7-23-13)14(18)16-11-8-10(17(20)21)5-6-12(11)22-2/h5-6,8-9,13H,3-4,7H2,1-2H3,(H,16,18)/t9-,13+/m1/s1. The van der Waals surface area contributed by atoms with Crippen molar-refractivity contribution in [1.82, 2.24) is 0 Å². The van der Waals surface area contributed by atoms with Gasteiger partial charge in [0, 0.05) is 18.7 Å². The van der Waals surface area contributed by atoms with Crippen molar-refractivity contribution in [3.8, 4) is 5.75 Å². The van der Waals surface area contributed by atoms with Crippen molar-refractivity contribution in [3.63, 3.8) is 0 Å². The van der Waals surface area contributed by atoms with Gasteiger partial charge in [-0.2, -0.15) is 0 Å². The fourth-order valence-electron chi connectivity index (χ4n) is 2.21. The van der Waals surface area contributed by atoms with Gasteiger partial charge in [-0.15, -0.1) is 0 Å². The van der Waals surface area contributed by atoms with Gasteiger partial charge in [0.25, 0.3) is 11.6 Å². The minimum Gasteiger partial charge on any atom is -0.495 e. The molecule has 1 aromatic rings. The maximum atomic E-state index is 12.2. The van der Waals surface area contributed by atoms with E-state index in [1.807, 2.05) is 0 Å². The van der Waals surface area contributed by atoms with Crippen LogP contribution in [0.2, 0.25) is 0 Å². The van der Waals surface area contributed by atoms with Crippen molar-refractivity contribution in [3.05, 3.63) is 28.3 Å². The van der Waals surface area contributed by atoms with Crippen molar-refractivity contribution < 1.29 is 28.7 Å². The molecule has 0 radical (unpaired) electrons. The number of nitro groups is 1. The first-order valence-electron chi connectivity index (χ1n) is 7.37. The van der Waals surface area contributed by atoms with E-state index in [9.17, 15) is 19.7 Å². The van der Waals surface area contributed by atoms with Crippen LogP contribution in [-0.2, 0) is 19.1 Å². The first-order valence-corrected chi connectivity index (χ1v) is 7.37. The second-order valence-corrected chi connectivity index (χ2v) is 5.21. The Labute approximate surface area is 138 Å². The monoisotopic (exact) mass is 338 g/mol. The zero-order chi connectivity index (χ0) is 17.7. The van der Waals surface area contributed by atoms with Crippen molar-refractivity contribution in [2.75, 3.05) is 19.0 Å². The van der Waals surface area contributed by atoms with E-state index in [1.54, 1.807) is 0 Å². The first kappa shape index (κ1) is 17.7. The topological polar surface area (TPSA) is 117 Å². The molecule has 2 atom stereocenters. The van der Waals surface area contributed by atoms with Crippen LogP contribution in [0.25, 0.3) is 0 Å². The van der Waals surface area contributed by atoms with E-state index in [-0.39, 0.29) is 17.1 Å². The second kappa shape index (κ2) is 7.73. The zero-order valence-corrected chi connectivity index (χ0v) is 13.3. The highest BCUT2D eigenvalue weighted by Gasteiger charge is 2.28.